The number of nitrogens with zero attached hydrogens (tertiary/aromatic N) is 5. The quantitative estimate of drug-likeness (QED) is 0.445. The third-order valence-corrected chi connectivity index (χ3v) is 9.33. The molecular formula is C32H41F3N6O3. The Balaban J connectivity index is 1.14. The van der Waals surface area contributed by atoms with E-state index in [0.29, 0.717) is 23.8 Å². The first-order valence-corrected chi connectivity index (χ1v) is 15.2. The van der Waals surface area contributed by atoms with E-state index < -0.39 is 34.4 Å². The van der Waals surface area contributed by atoms with Gasteiger partial charge in [0, 0.05) is 31.0 Å². The van der Waals surface area contributed by atoms with Crippen LogP contribution in [0.3, 0.4) is 0 Å². The molecule has 9 nitrogen and oxygen atoms in total. The number of alkyl halides is 3. The predicted octanol–water partition coefficient (Wildman–Crippen LogP) is 5.97. The van der Waals surface area contributed by atoms with Gasteiger partial charge in [-0.1, -0.05) is 0 Å². The molecule has 3 fully saturated rings. The number of nitriles is 1. The molecule has 1 aliphatic carbocycles. The second-order valence-electron chi connectivity index (χ2n) is 13.9. The van der Waals surface area contributed by atoms with Gasteiger partial charge in [-0.15, -0.1) is 0 Å². The fraction of sp³-hybridized carbons (Fsp3) is 0.625. The number of carbonyl (C=O) groups excluding carboxylic acids is 2. The number of amides is 2. The summed E-state index contributed by atoms with van der Waals surface area (Å²) in [6, 6.07) is 5.20. The first-order chi connectivity index (χ1) is 20.5. The Bertz CT molecular complexity index is 1420. The van der Waals surface area contributed by atoms with Crippen LogP contribution < -0.4 is 5.32 Å². The van der Waals surface area contributed by atoms with Crippen molar-refractivity contribution in [3.05, 3.63) is 47.3 Å². The summed E-state index contributed by atoms with van der Waals surface area (Å²) in [7, 11) is 0. The molecule has 0 spiro atoms. The summed E-state index contributed by atoms with van der Waals surface area (Å²) in [6.45, 7) is 12.5. The van der Waals surface area contributed by atoms with Crippen LogP contribution in [-0.4, -0.2) is 69.4 Å². The molecular weight excluding hydrogens is 573 g/mol. The number of halogens is 3. The number of piperidine rings is 1. The number of carbonyl (C=O) groups is 2. The monoisotopic (exact) mass is 614 g/mol. The summed E-state index contributed by atoms with van der Waals surface area (Å²) in [6.07, 6.45) is 2.86. The number of benzene rings is 1. The Morgan fingerprint density at radius 2 is 1.68 bits per heavy atom. The molecule has 3 aliphatic rings. The number of ether oxygens (including phenoxy) is 1. The van der Waals surface area contributed by atoms with Gasteiger partial charge in [0.15, 0.2) is 0 Å². The van der Waals surface area contributed by atoms with Crippen molar-refractivity contribution in [3.63, 3.8) is 0 Å². The second-order valence-corrected chi connectivity index (χ2v) is 13.9. The maximum absolute atomic E-state index is 13.4. The largest absolute Gasteiger partial charge is 0.444 e. The van der Waals surface area contributed by atoms with E-state index in [-0.39, 0.29) is 11.8 Å². The number of nitrogens with one attached hydrogen (secondary N) is 1. The summed E-state index contributed by atoms with van der Waals surface area (Å²) in [5.74, 6) is 0.814. The molecule has 1 saturated carbocycles. The highest BCUT2D eigenvalue weighted by Gasteiger charge is 2.45. The number of hydrogen-bond acceptors (Lipinski definition) is 6. The minimum absolute atomic E-state index is 0.0391. The van der Waals surface area contributed by atoms with E-state index in [1.807, 2.05) is 31.9 Å². The van der Waals surface area contributed by atoms with Crippen molar-refractivity contribution in [2.75, 3.05) is 31.5 Å². The van der Waals surface area contributed by atoms with Gasteiger partial charge in [-0.3, -0.25) is 9.48 Å². The van der Waals surface area contributed by atoms with Crippen LogP contribution in [0.25, 0.3) is 0 Å². The van der Waals surface area contributed by atoms with E-state index in [9.17, 15) is 22.8 Å². The minimum Gasteiger partial charge on any atom is -0.444 e. The van der Waals surface area contributed by atoms with Gasteiger partial charge in [-0.05, 0) is 115 Å². The van der Waals surface area contributed by atoms with Crippen molar-refractivity contribution in [1.29, 1.82) is 5.26 Å². The highest BCUT2D eigenvalue weighted by atomic mass is 19.4. The lowest BCUT2D eigenvalue weighted by molar-refractivity contribution is -0.137. The molecule has 2 atom stereocenters. The summed E-state index contributed by atoms with van der Waals surface area (Å²) in [5, 5.41) is 16.1. The zero-order valence-corrected chi connectivity index (χ0v) is 25.9. The molecule has 12 heteroatoms. The van der Waals surface area contributed by atoms with Crippen molar-refractivity contribution in [1.82, 2.24) is 19.6 Å². The Hall–Kier alpha value is -3.59. The van der Waals surface area contributed by atoms with Gasteiger partial charge >= 0.3 is 12.3 Å². The molecule has 44 heavy (non-hydrogen) atoms. The summed E-state index contributed by atoms with van der Waals surface area (Å²) >= 11 is 0. The van der Waals surface area contributed by atoms with Crippen LogP contribution >= 0.6 is 0 Å². The number of aromatic nitrogens is 2. The fourth-order valence-corrected chi connectivity index (χ4v) is 6.83. The van der Waals surface area contributed by atoms with Crippen LogP contribution in [0.1, 0.15) is 82.9 Å². The summed E-state index contributed by atoms with van der Waals surface area (Å²) in [4.78, 5) is 30.1. The summed E-state index contributed by atoms with van der Waals surface area (Å²) in [5.41, 5.74) is -2.25. The van der Waals surface area contributed by atoms with Gasteiger partial charge in [0.05, 0.1) is 23.4 Å². The molecule has 238 valence electrons. The summed E-state index contributed by atoms with van der Waals surface area (Å²) < 4.78 is 47.3. The molecule has 5 rings (SSSR count). The number of fused-ring (bicyclic) bond motifs is 1. The van der Waals surface area contributed by atoms with E-state index in [1.165, 1.54) is 6.07 Å². The van der Waals surface area contributed by atoms with Crippen LogP contribution in [0.4, 0.5) is 23.7 Å². The highest BCUT2D eigenvalue weighted by Crippen LogP contribution is 2.42. The molecule has 0 bridgehead atoms. The third-order valence-electron chi connectivity index (χ3n) is 9.33. The van der Waals surface area contributed by atoms with Crippen molar-refractivity contribution in [3.8, 4) is 6.07 Å². The topological polar surface area (TPSA) is 103 Å². The smallest absolute Gasteiger partial charge is 0.417 e. The van der Waals surface area contributed by atoms with E-state index >= 15 is 0 Å². The lowest BCUT2D eigenvalue weighted by Gasteiger charge is -2.36. The molecule has 2 amide bonds. The zero-order chi connectivity index (χ0) is 32.0. The van der Waals surface area contributed by atoms with Gasteiger partial charge in [-0.2, -0.15) is 23.5 Å². The zero-order valence-electron chi connectivity index (χ0n) is 25.9. The molecule has 2 aliphatic heterocycles. The van der Waals surface area contributed by atoms with Gasteiger partial charge in [-0.25, -0.2) is 4.79 Å². The number of anilines is 1. The second kappa shape index (κ2) is 11.7. The average molecular weight is 615 g/mol. The Morgan fingerprint density at radius 1 is 1.05 bits per heavy atom. The Morgan fingerprint density at radius 3 is 2.25 bits per heavy atom. The van der Waals surface area contributed by atoms with Crippen LogP contribution in [0.15, 0.2) is 30.6 Å². The molecule has 2 unspecified atom stereocenters. The van der Waals surface area contributed by atoms with E-state index in [4.69, 9.17) is 10.00 Å². The first-order valence-electron chi connectivity index (χ1n) is 15.2. The minimum atomic E-state index is -4.71. The number of likely N-dealkylation sites (tertiary alicyclic amines) is 2. The molecule has 2 aromatic rings. The Kier molecular flexibility index (Phi) is 8.48. The van der Waals surface area contributed by atoms with Crippen LogP contribution in [0, 0.1) is 23.2 Å². The molecule has 1 aromatic heterocycles. The van der Waals surface area contributed by atoms with Gasteiger partial charge in [0.2, 0.25) is 0 Å². The highest BCUT2D eigenvalue weighted by molar-refractivity contribution is 5.96. The molecule has 1 N–H and O–H groups in total. The number of rotatable bonds is 5. The Labute approximate surface area is 256 Å². The standard InChI is InChI=1S/C32H41F3N6O3/c1-30(2,3)44-29(43)40-17-22-12-26(13-23(22)18-40)39-10-8-20(9-11-39)24-16-37-41(19-24)31(4,5)28(42)38-25-7-6-21(15-36)27(14-25)32(33,34)35/h6-7,14,16,19-20,22-23,26H,8-13,17-18H2,1-5H3,(H,38,42). The lowest BCUT2D eigenvalue weighted by atomic mass is 9.90. The van der Waals surface area contributed by atoms with Crippen LogP contribution in [-0.2, 0) is 21.2 Å². The SMILES string of the molecule is CC(C)(C)OC(=O)N1CC2CC(N3CCC(c4cnn(C(C)(C)C(=O)Nc5ccc(C#N)c(C(F)(F)F)c5)c4)CC3)CC2C1. The number of hydrogen-bond donors (Lipinski definition) is 1. The predicted molar refractivity (Wildman–Crippen MR) is 158 cm³/mol. The maximum atomic E-state index is 13.4. The molecule has 1 aromatic carbocycles. The first kappa shape index (κ1) is 31.8. The lowest BCUT2D eigenvalue weighted by Crippen LogP contribution is -2.41. The van der Waals surface area contributed by atoms with Crippen molar-refractivity contribution in [2.24, 2.45) is 11.8 Å². The van der Waals surface area contributed by atoms with Gasteiger partial charge < -0.3 is 19.9 Å². The van der Waals surface area contributed by atoms with E-state index in [0.717, 1.165) is 69.6 Å². The van der Waals surface area contributed by atoms with Crippen molar-refractivity contribution < 1.29 is 27.5 Å². The third kappa shape index (κ3) is 6.72. The van der Waals surface area contributed by atoms with Gasteiger partial charge in [0.1, 0.15) is 11.1 Å². The van der Waals surface area contributed by atoms with Crippen molar-refractivity contribution in [2.45, 2.75) is 89.6 Å². The van der Waals surface area contributed by atoms with Crippen LogP contribution in [0.5, 0.6) is 0 Å². The fourth-order valence-electron chi connectivity index (χ4n) is 6.83. The molecule has 0 radical (unpaired) electrons. The normalized spacial score (nSPS) is 23.3. The van der Waals surface area contributed by atoms with Gasteiger partial charge in [0.25, 0.3) is 5.91 Å². The molecule has 2 saturated heterocycles. The van der Waals surface area contributed by atoms with E-state index in [1.54, 1.807) is 30.8 Å². The maximum Gasteiger partial charge on any atom is 0.417 e. The van der Waals surface area contributed by atoms with E-state index in [2.05, 4.69) is 15.3 Å². The van der Waals surface area contributed by atoms with Crippen molar-refractivity contribution >= 4 is 17.7 Å². The van der Waals surface area contributed by atoms with Crippen LogP contribution in [0.2, 0.25) is 0 Å². The average Bonchev–Trinajstić information content (AvgIpc) is 3.68. The molecule has 3 heterocycles.